The average Bonchev–Trinajstić information content (AvgIpc) is 2.55. The third-order valence-corrected chi connectivity index (χ3v) is 6.74. The standard InChI is InChI=1S/C16H23FN2O3S/c17-13-1-3-15(4-2-13)23(20,21)19-8-5-12(6-9-19)16-11-14(18)7-10-22-16/h1-4,12,14,16H,5-11,18H2. The molecule has 2 aliphatic heterocycles. The fourth-order valence-electron chi connectivity index (χ4n) is 3.43. The molecule has 7 heteroatoms. The molecule has 2 atom stereocenters. The van der Waals surface area contributed by atoms with Crippen molar-refractivity contribution >= 4 is 10.0 Å². The van der Waals surface area contributed by atoms with Crippen LogP contribution >= 0.6 is 0 Å². The van der Waals surface area contributed by atoms with Gasteiger partial charge in [-0.3, -0.25) is 0 Å². The third-order valence-electron chi connectivity index (χ3n) is 4.83. The molecule has 0 spiro atoms. The van der Waals surface area contributed by atoms with Crippen LogP contribution in [0, 0.1) is 11.7 Å². The molecule has 1 aromatic carbocycles. The van der Waals surface area contributed by atoms with Gasteiger partial charge in [-0.05, 0) is 55.9 Å². The normalized spacial score (nSPS) is 27.9. The van der Waals surface area contributed by atoms with E-state index in [2.05, 4.69) is 0 Å². The SMILES string of the molecule is NC1CCOC(C2CCN(S(=O)(=O)c3ccc(F)cc3)CC2)C1. The Kier molecular flexibility index (Phi) is 5.01. The minimum absolute atomic E-state index is 0.147. The van der Waals surface area contributed by atoms with E-state index in [4.69, 9.17) is 10.5 Å². The van der Waals surface area contributed by atoms with Gasteiger partial charge in [0, 0.05) is 25.7 Å². The van der Waals surface area contributed by atoms with Gasteiger partial charge in [-0.2, -0.15) is 4.31 Å². The van der Waals surface area contributed by atoms with Gasteiger partial charge in [0.2, 0.25) is 10.0 Å². The molecule has 23 heavy (non-hydrogen) atoms. The lowest BCUT2D eigenvalue weighted by molar-refractivity contribution is -0.0390. The molecule has 2 aliphatic rings. The third kappa shape index (κ3) is 3.74. The van der Waals surface area contributed by atoms with Gasteiger partial charge in [-0.15, -0.1) is 0 Å². The van der Waals surface area contributed by atoms with Crippen LogP contribution in [0.1, 0.15) is 25.7 Å². The maximum absolute atomic E-state index is 13.0. The van der Waals surface area contributed by atoms with Gasteiger partial charge < -0.3 is 10.5 Å². The molecule has 2 fully saturated rings. The van der Waals surface area contributed by atoms with Crippen molar-refractivity contribution in [2.45, 2.75) is 42.7 Å². The van der Waals surface area contributed by atoms with E-state index < -0.39 is 15.8 Å². The van der Waals surface area contributed by atoms with Crippen molar-refractivity contribution in [1.29, 1.82) is 0 Å². The summed E-state index contributed by atoms with van der Waals surface area (Å²) in [6.07, 6.45) is 3.45. The van der Waals surface area contributed by atoms with Crippen LogP contribution in [0.5, 0.6) is 0 Å². The van der Waals surface area contributed by atoms with Crippen LogP contribution in [0.25, 0.3) is 0 Å². The second kappa shape index (κ2) is 6.84. The summed E-state index contributed by atoms with van der Waals surface area (Å²) in [7, 11) is -3.54. The highest BCUT2D eigenvalue weighted by Crippen LogP contribution is 2.30. The van der Waals surface area contributed by atoms with Gasteiger partial charge in [-0.25, -0.2) is 12.8 Å². The number of ether oxygens (including phenoxy) is 1. The summed E-state index contributed by atoms with van der Waals surface area (Å²) in [5.74, 6) is -0.0746. The summed E-state index contributed by atoms with van der Waals surface area (Å²) in [5.41, 5.74) is 6.00. The number of hydrogen-bond donors (Lipinski definition) is 1. The maximum Gasteiger partial charge on any atom is 0.243 e. The molecule has 2 saturated heterocycles. The number of halogens is 1. The number of piperidine rings is 1. The number of nitrogens with zero attached hydrogens (tertiary/aromatic N) is 1. The van der Waals surface area contributed by atoms with E-state index >= 15 is 0 Å². The Morgan fingerprint density at radius 1 is 1.13 bits per heavy atom. The topological polar surface area (TPSA) is 72.6 Å². The van der Waals surface area contributed by atoms with Gasteiger partial charge in [0.1, 0.15) is 5.82 Å². The van der Waals surface area contributed by atoms with Gasteiger partial charge in [0.05, 0.1) is 11.0 Å². The predicted molar refractivity (Wildman–Crippen MR) is 84.8 cm³/mol. The van der Waals surface area contributed by atoms with E-state index in [0.717, 1.165) is 25.7 Å². The number of hydrogen-bond acceptors (Lipinski definition) is 4. The molecule has 5 nitrogen and oxygen atoms in total. The van der Waals surface area contributed by atoms with E-state index in [1.165, 1.54) is 28.6 Å². The second-order valence-corrected chi connectivity index (χ2v) is 8.33. The van der Waals surface area contributed by atoms with Gasteiger partial charge in [0.25, 0.3) is 0 Å². The minimum atomic E-state index is -3.54. The van der Waals surface area contributed by atoms with Crippen LogP contribution in [-0.2, 0) is 14.8 Å². The summed E-state index contributed by atoms with van der Waals surface area (Å²) >= 11 is 0. The van der Waals surface area contributed by atoms with Crippen molar-refractivity contribution in [3.63, 3.8) is 0 Å². The first kappa shape index (κ1) is 16.8. The number of sulfonamides is 1. The monoisotopic (exact) mass is 342 g/mol. The highest BCUT2D eigenvalue weighted by atomic mass is 32.2. The Hall–Kier alpha value is -1.02. The first-order valence-electron chi connectivity index (χ1n) is 8.10. The summed E-state index contributed by atoms with van der Waals surface area (Å²) < 4.78 is 45.4. The lowest BCUT2D eigenvalue weighted by atomic mass is 9.87. The van der Waals surface area contributed by atoms with Crippen molar-refractivity contribution in [1.82, 2.24) is 4.31 Å². The fraction of sp³-hybridized carbons (Fsp3) is 0.625. The largest absolute Gasteiger partial charge is 0.378 e. The Morgan fingerprint density at radius 2 is 1.78 bits per heavy atom. The molecule has 0 amide bonds. The average molecular weight is 342 g/mol. The van der Waals surface area contributed by atoms with Crippen LogP contribution in [-0.4, -0.2) is 44.6 Å². The van der Waals surface area contributed by atoms with Crippen LogP contribution in [0.4, 0.5) is 4.39 Å². The second-order valence-electron chi connectivity index (χ2n) is 6.39. The molecule has 128 valence electrons. The van der Waals surface area contributed by atoms with Crippen LogP contribution in [0.2, 0.25) is 0 Å². The van der Waals surface area contributed by atoms with Gasteiger partial charge in [-0.1, -0.05) is 0 Å². The van der Waals surface area contributed by atoms with Crippen molar-refractivity contribution in [2.24, 2.45) is 11.7 Å². The number of nitrogens with two attached hydrogens (primary N) is 1. The van der Waals surface area contributed by atoms with Crippen LogP contribution < -0.4 is 5.73 Å². The number of benzene rings is 1. The van der Waals surface area contributed by atoms with Crippen LogP contribution in [0.3, 0.4) is 0 Å². The van der Waals surface area contributed by atoms with E-state index in [1.54, 1.807) is 0 Å². The Morgan fingerprint density at radius 3 is 2.39 bits per heavy atom. The summed E-state index contributed by atoms with van der Waals surface area (Å²) in [6, 6.07) is 5.18. The first-order valence-corrected chi connectivity index (χ1v) is 9.54. The molecule has 0 radical (unpaired) electrons. The van der Waals surface area contributed by atoms with Crippen LogP contribution in [0.15, 0.2) is 29.2 Å². The summed E-state index contributed by atoms with van der Waals surface area (Å²) in [6.45, 7) is 1.64. The molecule has 1 aromatic rings. The smallest absolute Gasteiger partial charge is 0.243 e. The predicted octanol–water partition coefficient (Wildman–Crippen LogP) is 1.73. The van der Waals surface area contributed by atoms with E-state index in [9.17, 15) is 12.8 Å². The van der Waals surface area contributed by atoms with Gasteiger partial charge in [0.15, 0.2) is 0 Å². The molecule has 0 bridgehead atoms. The zero-order valence-corrected chi connectivity index (χ0v) is 13.8. The molecule has 2 unspecified atom stereocenters. The molecular weight excluding hydrogens is 319 g/mol. The zero-order valence-electron chi connectivity index (χ0n) is 13.0. The van der Waals surface area contributed by atoms with Crippen molar-refractivity contribution in [2.75, 3.05) is 19.7 Å². The fourth-order valence-corrected chi connectivity index (χ4v) is 4.90. The Balaban J connectivity index is 1.63. The summed E-state index contributed by atoms with van der Waals surface area (Å²) in [5, 5.41) is 0. The lowest BCUT2D eigenvalue weighted by Crippen LogP contribution is -2.45. The van der Waals surface area contributed by atoms with Crippen molar-refractivity contribution in [3.05, 3.63) is 30.1 Å². The van der Waals surface area contributed by atoms with E-state index in [1.807, 2.05) is 0 Å². The highest BCUT2D eigenvalue weighted by molar-refractivity contribution is 7.89. The zero-order chi connectivity index (χ0) is 16.4. The quantitative estimate of drug-likeness (QED) is 0.908. The van der Waals surface area contributed by atoms with Crippen molar-refractivity contribution < 1.29 is 17.5 Å². The maximum atomic E-state index is 13.0. The molecule has 2 N–H and O–H groups in total. The Bertz CT molecular complexity index is 627. The molecule has 3 rings (SSSR count). The van der Waals surface area contributed by atoms with E-state index in [-0.39, 0.29) is 17.0 Å². The molecule has 0 aromatic heterocycles. The number of rotatable bonds is 3. The highest BCUT2D eigenvalue weighted by Gasteiger charge is 2.34. The molecule has 2 heterocycles. The Labute approximate surface area is 136 Å². The molecule has 0 saturated carbocycles. The minimum Gasteiger partial charge on any atom is -0.378 e. The first-order chi connectivity index (χ1) is 11.0. The van der Waals surface area contributed by atoms with E-state index in [0.29, 0.717) is 25.6 Å². The lowest BCUT2D eigenvalue weighted by Gasteiger charge is -2.38. The molecule has 0 aliphatic carbocycles. The summed E-state index contributed by atoms with van der Waals surface area (Å²) in [4.78, 5) is 0.147. The molecular formula is C16H23FN2O3S. The van der Waals surface area contributed by atoms with Crippen molar-refractivity contribution in [3.8, 4) is 0 Å². The van der Waals surface area contributed by atoms with Gasteiger partial charge >= 0.3 is 0 Å².